The van der Waals surface area contributed by atoms with Crippen LogP contribution in [-0.2, 0) is 13.1 Å². The summed E-state index contributed by atoms with van der Waals surface area (Å²) in [5.41, 5.74) is 1.12. The molecule has 1 fully saturated rings. The van der Waals surface area contributed by atoms with Crippen molar-refractivity contribution in [2.45, 2.75) is 44.9 Å². The van der Waals surface area contributed by atoms with E-state index >= 15 is 0 Å². The zero-order chi connectivity index (χ0) is 18.2. The van der Waals surface area contributed by atoms with E-state index in [-0.39, 0.29) is 24.0 Å². The number of hydrogen-bond donors (Lipinski definition) is 2. The molecule has 0 radical (unpaired) electrons. The number of ether oxygens (including phenoxy) is 2. The Kier molecular flexibility index (Phi) is 9.20. The minimum atomic E-state index is 0. The number of halogens is 1. The summed E-state index contributed by atoms with van der Waals surface area (Å²) in [6, 6.07) is 10.3. The number of guanidine groups is 1. The third kappa shape index (κ3) is 6.57. The predicted molar refractivity (Wildman–Crippen MR) is 123 cm³/mol. The van der Waals surface area contributed by atoms with E-state index in [2.05, 4.69) is 39.2 Å². The maximum atomic E-state index is 6.10. The first-order chi connectivity index (χ1) is 12.8. The summed E-state index contributed by atoms with van der Waals surface area (Å²) in [6.07, 6.45) is 5.12. The largest absolute Gasteiger partial charge is 0.493 e. The van der Waals surface area contributed by atoms with Crippen LogP contribution < -0.4 is 20.1 Å². The SMILES string of the molecule is CN=C(NCc1ccc(OC2CCCC2)c(OC)c1)NCc1cccs1.I. The van der Waals surface area contributed by atoms with Crippen LogP contribution in [0.25, 0.3) is 0 Å². The fourth-order valence-corrected chi connectivity index (χ4v) is 3.74. The Morgan fingerprint density at radius 2 is 1.93 bits per heavy atom. The molecule has 7 heteroatoms. The zero-order valence-electron chi connectivity index (χ0n) is 15.9. The van der Waals surface area contributed by atoms with Crippen molar-refractivity contribution in [3.8, 4) is 11.5 Å². The second-order valence-electron chi connectivity index (χ2n) is 6.37. The molecule has 3 rings (SSSR count). The maximum absolute atomic E-state index is 6.10. The molecule has 27 heavy (non-hydrogen) atoms. The fraction of sp³-hybridized carbons (Fsp3) is 0.450. The first kappa shape index (κ1) is 21.8. The van der Waals surface area contributed by atoms with Gasteiger partial charge in [0.15, 0.2) is 17.5 Å². The normalized spacial score (nSPS) is 14.5. The van der Waals surface area contributed by atoms with Crippen LogP contribution in [-0.4, -0.2) is 26.2 Å². The number of benzene rings is 1. The van der Waals surface area contributed by atoms with Crippen LogP contribution >= 0.6 is 35.3 Å². The molecule has 0 atom stereocenters. The predicted octanol–water partition coefficient (Wildman–Crippen LogP) is 4.56. The Hall–Kier alpha value is -1.48. The summed E-state index contributed by atoms with van der Waals surface area (Å²) >= 11 is 1.73. The first-order valence-electron chi connectivity index (χ1n) is 9.09. The summed E-state index contributed by atoms with van der Waals surface area (Å²) in [5.74, 6) is 2.41. The van der Waals surface area contributed by atoms with Gasteiger partial charge in [0.2, 0.25) is 0 Å². The lowest BCUT2D eigenvalue weighted by Gasteiger charge is -2.17. The molecule has 0 spiro atoms. The monoisotopic (exact) mass is 501 g/mol. The Bertz CT molecular complexity index is 716. The van der Waals surface area contributed by atoms with Crippen molar-refractivity contribution < 1.29 is 9.47 Å². The standard InChI is InChI=1S/C20H27N3O2S.HI/c1-21-20(23-14-17-8-5-11-26-17)22-13-15-9-10-18(19(12-15)24-2)25-16-6-3-4-7-16;/h5,8-12,16H,3-4,6-7,13-14H2,1-2H3,(H2,21,22,23);1H. The van der Waals surface area contributed by atoms with Gasteiger partial charge < -0.3 is 20.1 Å². The van der Waals surface area contributed by atoms with E-state index in [4.69, 9.17) is 9.47 Å². The van der Waals surface area contributed by atoms with Crippen LogP contribution in [0.1, 0.15) is 36.1 Å². The molecular weight excluding hydrogens is 473 g/mol. The van der Waals surface area contributed by atoms with E-state index in [1.54, 1.807) is 25.5 Å². The van der Waals surface area contributed by atoms with Gasteiger partial charge in [-0.25, -0.2) is 0 Å². The smallest absolute Gasteiger partial charge is 0.191 e. The van der Waals surface area contributed by atoms with E-state index in [1.807, 2.05) is 12.1 Å². The van der Waals surface area contributed by atoms with Gasteiger partial charge in [0.05, 0.1) is 19.8 Å². The number of nitrogens with zero attached hydrogens (tertiary/aromatic N) is 1. The third-order valence-corrected chi connectivity index (χ3v) is 5.39. The molecule has 1 aromatic carbocycles. The number of rotatable bonds is 7. The van der Waals surface area contributed by atoms with Crippen molar-refractivity contribution in [1.29, 1.82) is 0 Å². The molecule has 148 valence electrons. The van der Waals surface area contributed by atoms with Crippen molar-refractivity contribution in [3.05, 3.63) is 46.2 Å². The van der Waals surface area contributed by atoms with Gasteiger partial charge in [-0.3, -0.25) is 4.99 Å². The Labute approximate surface area is 182 Å². The van der Waals surface area contributed by atoms with Crippen molar-refractivity contribution in [3.63, 3.8) is 0 Å². The van der Waals surface area contributed by atoms with Crippen LogP contribution in [0.4, 0.5) is 0 Å². The molecule has 0 aliphatic heterocycles. The van der Waals surface area contributed by atoms with Gasteiger partial charge in [0.1, 0.15) is 0 Å². The van der Waals surface area contributed by atoms with E-state index in [1.165, 1.54) is 17.7 Å². The average molecular weight is 501 g/mol. The molecule has 2 aromatic rings. The maximum Gasteiger partial charge on any atom is 0.191 e. The molecule has 1 saturated carbocycles. The molecule has 5 nitrogen and oxygen atoms in total. The molecule has 2 N–H and O–H groups in total. The van der Waals surface area contributed by atoms with E-state index < -0.39 is 0 Å². The van der Waals surface area contributed by atoms with E-state index in [0.717, 1.165) is 42.4 Å². The zero-order valence-corrected chi connectivity index (χ0v) is 19.0. The van der Waals surface area contributed by atoms with Gasteiger partial charge in [0.25, 0.3) is 0 Å². The lowest BCUT2D eigenvalue weighted by molar-refractivity contribution is 0.200. The van der Waals surface area contributed by atoms with Crippen molar-refractivity contribution in [2.24, 2.45) is 4.99 Å². The molecule has 1 aliphatic carbocycles. The van der Waals surface area contributed by atoms with Gasteiger partial charge in [-0.05, 0) is 54.8 Å². The number of methoxy groups -OCH3 is 1. The highest BCUT2D eigenvalue weighted by Crippen LogP contribution is 2.32. The molecule has 0 unspecified atom stereocenters. The summed E-state index contributed by atoms with van der Waals surface area (Å²) in [7, 11) is 3.47. The summed E-state index contributed by atoms with van der Waals surface area (Å²) in [4.78, 5) is 5.55. The molecule has 1 heterocycles. The van der Waals surface area contributed by atoms with Gasteiger partial charge in [-0.2, -0.15) is 0 Å². The van der Waals surface area contributed by atoms with Crippen LogP contribution in [0, 0.1) is 0 Å². The minimum absolute atomic E-state index is 0. The van der Waals surface area contributed by atoms with Crippen molar-refractivity contribution >= 4 is 41.3 Å². The number of thiophene rings is 1. The van der Waals surface area contributed by atoms with E-state index in [0.29, 0.717) is 12.6 Å². The Morgan fingerprint density at radius 3 is 2.59 bits per heavy atom. The van der Waals surface area contributed by atoms with Crippen molar-refractivity contribution in [2.75, 3.05) is 14.2 Å². The molecule has 0 amide bonds. The molecule has 0 bridgehead atoms. The van der Waals surface area contributed by atoms with Gasteiger partial charge in [-0.15, -0.1) is 35.3 Å². The second kappa shape index (κ2) is 11.4. The highest BCUT2D eigenvalue weighted by Gasteiger charge is 2.18. The highest BCUT2D eigenvalue weighted by atomic mass is 127. The number of hydrogen-bond acceptors (Lipinski definition) is 4. The van der Waals surface area contributed by atoms with Crippen LogP contribution in [0.5, 0.6) is 11.5 Å². The van der Waals surface area contributed by atoms with Crippen LogP contribution in [0.15, 0.2) is 40.7 Å². The second-order valence-corrected chi connectivity index (χ2v) is 7.40. The van der Waals surface area contributed by atoms with Gasteiger partial charge in [0, 0.05) is 18.5 Å². The minimum Gasteiger partial charge on any atom is -0.493 e. The molecule has 1 aliphatic rings. The Balaban J connectivity index is 0.00000261. The fourth-order valence-electron chi connectivity index (χ4n) is 3.10. The third-order valence-electron chi connectivity index (χ3n) is 4.52. The molecule has 1 aromatic heterocycles. The van der Waals surface area contributed by atoms with E-state index in [9.17, 15) is 0 Å². The Morgan fingerprint density at radius 1 is 1.15 bits per heavy atom. The average Bonchev–Trinajstić information content (AvgIpc) is 3.36. The summed E-state index contributed by atoms with van der Waals surface area (Å²) in [5, 5.41) is 8.74. The lowest BCUT2D eigenvalue weighted by atomic mass is 10.2. The molecular formula is C20H28IN3O2S. The summed E-state index contributed by atoms with van der Waals surface area (Å²) in [6.45, 7) is 1.44. The number of nitrogens with one attached hydrogen (secondary N) is 2. The number of aliphatic imine (C=N–C) groups is 1. The van der Waals surface area contributed by atoms with Crippen molar-refractivity contribution in [1.82, 2.24) is 10.6 Å². The van der Waals surface area contributed by atoms with Crippen LogP contribution in [0.3, 0.4) is 0 Å². The topological polar surface area (TPSA) is 54.9 Å². The quantitative estimate of drug-likeness (QED) is 0.332. The molecule has 0 saturated heterocycles. The lowest BCUT2D eigenvalue weighted by Crippen LogP contribution is -2.36. The van der Waals surface area contributed by atoms with Crippen LogP contribution in [0.2, 0.25) is 0 Å². The van der Waals surface area contributed by atoms with Gasteiger partial charge in [-0.1, -0.05) is 12.1 Å². The van der Waals surface area contributed by atoms with Gasteiger partial charge >= 0.3 is 0 Å². The summed E-state index contributed by atoms with van der Waals surface area (Å²) < 4.78 is 11.6. The highest BCUT2D eigenvalue weighted by molar-refractivity contribution is 14.0. The first-order valence-corrected chi connectivity index (χ1v) is 9.97.